The lowest BCUT2D eigenvalue weighted by Crippen LogP contribution is -2.10. The first kappa shape index (κ1) is 8.82. The third-order valence-corrected chi connectivity index (χ3v) is 1.65. The first-order valence-corrected chi connectivity index (χ1v) is 4.52. The average Bonchev–Trinajstić information content (AvgIpc) is 1.91. The zero-order valence-electron chi connectivity index (χ0n) is 6.06. The van der Waals surface area contributed by atoms with Crippen LogP contribution in [0.3, 0.4) is 0 Å². The minimum absolute atomic E-state index is 0.270. The van der Waals surface area contributed by atoms with Gasteiger partial charge in [-0.15, -0.1) is 0 Å². The molecule has 0 heterocycles. The van der Waals surface area contributed by atoms with E-state index in [-0.39, 0.29) is 5.69 Å². The molecule has 6 heteroatoms. The maximum absolute atomic E-state index is 10.3. The number of anilines is 2. The Bertz CT molecular complexity index is 357. The van der Waals surface area contributed by atoms with Crippen LogP contribution in [0.2, 0.25) is 0 Å². The summed E-state index contributed by atoms with van der Waals surface area (Å²) in [6.45, 7) is 0. The highest BCUT2D eigenvalue weighted by Crippen LogP contribution is 2.10. The second kappa shape index (κ2) is 3.00. The zero-order chi connectivity index (χ0) is 9.19. The average molecular weight is 188 g/mol. The Balaban J connectivity index is 2.85. The number of hydrogen-bond donors (Lipinski definition) is 3. The van der Waals surface area contributed by atoms with Gasteiger partial charge in [-0.2, -0.15) is 8.42 Å². The highest BCUT2D eigenvalue weighted by Gasteiger charge is 2.01. The highest BCUT2D eigenvalue weighted by molar-refractivity contribution is 7.87. The summed E-state index contributed by atoms with van der Waals surface area (Å²) in [7, 11) is -4.18. The van der Waals surface area contributed by atoms with Crippen molar-refractivity contribution >= 4 is 21.7 Å². The van der Waals surface area contributed by atoms with Crippen molar-refractivity contribution in [1.29, 1.82) is 0 Å². The van der Waals surface area contributed by atoms with Crippen LogP contribution in [0.4, 0.5) is 11.4 Å². The Kier molecular flexibility index (Phi) is 2.20. The molecule has 0 atom stereocenters. The van der Waals surface area contributed by atoms with E-state index in [1.165, 1.54) is 24.3 Å². The molecule has 0 saturated heterocycles. The lowest BCUT2D eigenvalue weighted by atomic mass is 10.3. The fraction of sp³-hybridized carbons (Fsp3) is 0. The van der Waals surface area contributed by atoms with Gasteiger partial charge in [0.2, 0.25) is 0 Å². The van der Waals surface area contributed by atoms with E-state index in [9.17, 15) is 8.42 Å². The quantitative estimate of drug-likeness (QED) is 0.465. The van der Waals surface area contributed by atoms with Crippen LogP contribution in [-0.4, -0.2) is 13.0 Å². The van der Waals surface area contributed by atoms with Crippen molar-refractivity contribution < 1.29 is 13.0 Å². The molecule has 1 rings (SSSR count). The number of nitrogens with one attached hydrogen (secondary N) is 1. The predicted octanol–water partition coefficient (Wildman–Crippen LogP) is 0.484. The van der Waals surface area contributed by atoms with Gasteiger partial charge in [0.05, 0.1) is 5.69 Å². The van der Waals surface area contributed by atoms with Gasteiger partial charge < -0.3 is 5.73 Å². The molecule has 1 aromatic carbocycles. The normalized spacial score (nSPS) is 11.1. The molecule has 0 aromatic heterocycles. The Labute approximate surface area is 70.1 Å². The number of hydrogen-bond acceptors (Lipinski definition) is 3. The summed E-state index contributed by atoms with van der Waals surface area (Å²) in [6, 6.07) is 5.94. The van der Waals surface area contributed by atoms with Crippen LogP contribution >= 0.6 is 0 Å². The van der Waals surface area contributed by atoms with Gasteiger partial charge in [0, 0.05) is 5.69 Å². The molecule has 4 N–H and O–H groups in total. The molecule has 0 aliphatic carbocycles. The minimum Gasteiger partial charge on any atom is -0.399 e. The van der Waals surface area contributed by atoms with Gasteiger partial charge in [-0.05, 0) is 24.3 Å². The van der Waals surface area contributed by atoms with Crippen molar-refractivity contribution in [3.05, 3.63) is 24.3 Å². The molecule has 0 aliphatic heterocycles. The lowest BCUT2D eigenvalue weighted by molar-refractivity contribution is 0.490. The second-order valence-electron chi connectivity index (χ2n) is 2.20. The summed E-state index contributed by atoms with van der Waals surface area (Å²) in [4.78, 5) is 0. The summed E-state index contributed by atoms with van der Waals surface area (Å²) < 4.78 is 30.8. The maximum Gasteiger partial charge on any atom is 0.357 e. The fourth-order valence-corrected chi connectivity index (χ4v) is 1.13. The first-order chi connectivity index (χ1) is 5.47. The van der Waals surface area contributed by atoms with Gasteiger partial charge in [-0.3, -0.25) is 9.27 Å². The minimum atomic E-state index is -4.18. The van der Waals surface area contributed by atoms with Crippen LogP contribution in [0.25, 0.3) is 0 Å². The lowest BCUT2D eigenvalue weighted by Gasteiger charge is -2.01. The summed E-state index contributed by atoms with van der Waals surface area (Å²) >= 11 is 0. The molecule has 66 valence electrons. The first-order valence-electron chi connectivity index (χ1n) is 3.08. The predicted molar refractivity (Wildman–Crippen MR) is 46.0 cm³/mol. The standard InChI is InChI=1S/C6H8N2O3S/c7-5-1-3-6(4-2-5)8-12(9,10)11/h1-4,8H,7H2,(H,9,10,11). The Morgan fingerprint density at radius 2 is 1.75 bits per heavy atom. The molecule has 0 saturated carbocycles. The van der Waals surface area contributed by atoms with Gasteiger partial charge in [-0.25, -0.2) is 0 Å². The molecule has 0 radical (unpaired) electrons. The van der Waals surface area contributed by atoms with E-state index in [0.717, 1.165) is 0 Å². The SMILES string of the molecule is Nc1ccc(NS(=O)(=O)O)cc1. The van der Waals surface area contributed by atoms with Gasteiger partial charge in [0.25, 0.3) is 0 Å². The van der Waals surface area contributed by atoms with Gasteiger partial charge in [-0.1, -0.05) is 0 Å². The van der Waals surface area contributed by atoms with Crippen molar-refractivity contribution in [3.8, 4) is 0 Å². The van der Waals surface area contributed by atoms with Crippen molar-refractivity contribution in [2.75, 3.05) is 10.5 Å². The van der Waals surface area contributed by atoms with E-state index in [2.05, 4.69) is 0 Å². The van der Waals surface area contributed by atoms with Gasteiger partial charge >= 0.3 is 10.3 Å². The molecular formula is C6H8N2O3S. The van der Waals surface area contributed by atoms with E-state index in [1.807, 2.05) is 4.72 Å². The van der Waals surface area contributed by atoms with E-state index in [4.69, 9.17) is 10.3 Å². The topological polar surface area (TPSA) is 92.4 Å². The second-order valence-corrected chi connectivity index (χ2v) is 3.35. The molecule has 5 nitrogen and oxygen atoms in total. The van der Waals surface area contributed by atoms with Crippen molar-refractivity contribution in [3.63, 3.8) is 0 Å². The van der Waals surface area contributed by atoms with Gasteiger partial charge in [0.1, 0.15) is 0 Å². The van der Waals surface area contributed by atoms with Gasteiger partial charge in [0.15, 0.2) is 0 Å². The summed E-state index contributed by atoms with van der Waals surface area (Å²) in [5, 5.41) is 0. The van der Waals surface area contributed by atoms with E-state index >= 15 is 0 Å². The number of benzene rings is 1. The van der Waals surface area contributed by atoms with Crippen LogP contribution in [0.5, 0.6) is 0 Å². The Morgan fingerprint density at radius 1 is 1.25 bits per heavy atom. The molecule has 0 fully saturated rings. The third kappa shape index (κ3) is 2.77. The van der Waals surface area contributed by atoms with Crippen LogP contribution < -0.4 is 10.5 Å². The Hall–Kier alpha value is -1.27. The number of nitrogens with two attached hydrogens (primary N) is 1. The fourth-order valence-electron chi connectivity index (χ4n) is 0.700. The summed E-state index contributed by atoms with van der Waals surface area (Å²) in [5.74, 6) is 0. The van der Waals surface area contributed by atoms with Crippen molar-refractivity contribution in [2.45, 2.75) is 0 Å². The molecule has 1 aromatic rings. The summed E-state index contributed by atoms with van der Waals surface area (Å²) in [6.07, 6.45) is 0. The van der Waals surface area contributed by atoms with Crippen molar-refractivity contribution in [2.24, 2.45) is 0 Å². The molecule has 0 aliphatic rings. The largest absolute Gasteiger partial charge is 0.399 e. The molecule has 0 amide bonds. The number of rotatable bonds is 2. The van der Waals surface area contributed by atoms with Crippen LogP contribution in [0.15, 0.2) is 24.3 Å². The highest BCUT2D eigenvalue weighted by atomic mass is 32.2. The molecule has 0 bridgehead atoms. The van der Waals surface area contributed by atoms with Crippen LogP contribution in [-0.2, 0) is 10.3 Å². The smallest absolute Gasteiger partial charge is 0.357 e. The molecule has 0 unspecified atom stereocenters. The van der Waals surface area contributed by atoms with Crippen molar-refractivity contribution in [1.82, 2.24) is 0 Å². The van der Waals surface area contributed by atoms with E-state index < -0.39 is 10.3 Å². The monoisotopic (exact) mass is 188 g/mol. The molecule has 12 heavy (non-hydrogen) atoms. The Morgan fingerprint density at radius 3 is 2.17 bits per heavy atom. The summed E-state index contributed by atoms with van der Waals surface area (Å²) in [5.41, 5.74) is 6.14. The van der Waals surface area contributed by atoms with E-state index in [1.54, 1.807) is 0 Å². The molecule has 0 spiro atoms. The third-order valence-electron chi connectivity index (χ3n) is 1.16. The zero-order valence-corrected chi connectivity index (χ0v) is 6.88. The maximum atomic E-state index is 10.3. The number of nitrogen functional groups attached to an aromatic ring is 1. The van der Waals surface area contributed by atoms with E-state index in [0.29, 0.717) is 5.69 Å². The molecular weight excluding hydrogens is 180 g/mol. The van der Waals surface area contributed by atoms with Crippen LogP contribution in [0.1, 0.15) is 0 Å². The van der Waals surface area contributed by atoms with Crippen LogP contribution in [0, 0.1) is 0 Å².